The molecule has 0 bridgehead atoms. The normalized spacial score (nSPS) is 22.2. The van der Waals surface area contributed by atoms with Crippen LogP contribution in [0.1, 0.15) is 18.1 Å². The molecule has 2 atom stereocenters. The quantitative estimate of drug-likeness (QED) is 0.906. The maximum absolute atomic E-state index is 12.7. The highest BCUT2D eigenvalue weighted by atomic mass is 19.1. The summed E-state index contributed by atoms with van der Waals surface area (Å²) in [6, 6.07) is 6.51. The number of nitrogens with zero attached hydrogens (tertiary/aromatic N) is 1. The first-order chi connectivity index (χ1) is 11.7. The zero-order valence-corrected chi connectivity index (χ0v) is 13.8. The number of rotatable bonds is 4. The number of nitrogens with one attached hydrogen (secondary N) is 2. The molecule has 126 valence electrons. The Labute approximate surface area is 140 Å². The number of hydrogen-bond acceptors (Lipinski definition) is 2. The van der Waals surface area contributed by atoms with Crippen molar-refractivity contribution in [2.45, 2.75) is 19.4 Å². The van der Waals surface area contributed by atoms with Crippen molar-refractivity contribution >= 4 is 22.4 Å². The number of fused-ring (bicyclic) bond motifs is 2. The molecular weight excluding hydrogens is 305 g/mol. The molecule has 2 heterocycles. The summed E-state index contributed by atoms with van der Waals surface area (Å²) in [4.78, 5) is 17.6. The molecule has 0 saturated carbocycles. The zero-order valence-electron chi connectivity index (χ0n) is 13.8. The van der Waals surface area contributed by atoms with Crippen molar-refractivity contribution < 1.29 is 9.18 Å². The molecule has 1 aromatic carbocycles. The first-order valence-electron chi connectivity index (χ1n) is 8.62. The smallest absolute Gasteiger partial charge is 0.230 e. The molecule has 2 aromatic rings. The van der Waals surface area contributed by atoms with Crippen LogP contribution in [0.5, 0.6) is 0 Å². The van der Waals surface area contributed by atoms with Crippen LogP contribution in [0.4, 0.5) is 4.39 Å². The average Bonchev–Trinajstić information content (AvgIpc) is 3.03. The van der Waals surface area contributed by atoms with Crippen LogP contribution in [-0.4, -0.2) is 48.1 Å². The van der Waals surface area contributed by atoms with E-state index < -0.39 is 6.67 Å². The van der Waals surface area contributed by atoms with Crippen LogP contribution in [0.2, 0.25) is 0 Å². The van der Waals surface area contributed by atoms with Gasteiger partial charge in [-0.05, 0) is 36.1 Å². The first kappa shape index (κ1) is 15.4. The fourth-order valence-electron chi connectivity index (χ4n) is 4.03. The van der Waals surface area contributed by atoms with Gasteiger partial charge < -0.3 is 15.2 Å². The topological polar surface area (TPSA) is 48.1 Å². The monoisotopic (exact) mass is 327 g/mol. The molecular formula is C19H22FN3O. The number of hydrogen-bond donors (Lipinski definition) is 2. The van der Waals surface area contributed by atoms with E-state index in [0.29, 0.717) is 13.1 Å². The van der Waals surface area contributed by atoms with Gasteiger partial charge in [0.05, 0.1) is 5.92 Å². The lowest BCUT2D eigenvalue weighted by Gasteiger charge is -2.34. The molecule has 1 aliphatic heterocycles. The van der Waals surface area contributed by atoms with Crippen LogP contribution in [0, 0.1) is 5.92 Å². The summed E-state index contributed by atoms with van der Waals surface area (Å²) in [5, 5.41) is 4.79. The van der Waals surface area contributed by atoms with Crippen molar-refractivity contribution in [3.05, 3.63) is 41.6 Å². The molecule has 2 aliphatic rings. The molecule has 0 saturated heterocycles. The van der Waals surface area contributed by atoms with Gasteiger partial charge in [0.1, 0.15) is 6.67 Å². The second kappa shape index (κ2) is 6.06. The Morgan fingerprint density at radius 3 is 3.08 bits per heavy atom. The molecule has 4 rings (SSSR count). The summed E-state index contributed by atoms with van der Waals surface area (Å²) >= 11 is 0. The molecule has 2 unspecified atom stereocenters. The number of benzene rings is 1. The van der Waals surface area contributed by atoms with E-state index in [4.69, 9.17) is 0 Å². The van der Waals surface area contributed by atoms with Crippen molar-refractivity contribution in [1.82, 2.24) is 15.2 Å². The van der Waals surface area contributed by atoms with Crippen molar-refractivity contribution in [2.24, 2.45) is 5.92 Å². The summed E-state index contributed by atoms with van der Waals surface area (Å²) in [5.41, 5.74) is 4.88. The Morgan fingerprint density at radius 2 is 2.29 bits per heavy atom. The van der Waals surface area contributed by atoms with E-state index in [1.54, 1.807) is 4.90 Å². The van der Waals surface area contributed by atoms with E-state index in [1.165, 1.54) is 22.1 Å². The second-order valence-corrected chi connectivity index (χ2v) is 6.54. The molecule has 1 amide bonds. The second-order valence-electron chi connectivity index (χ2n) is 6.54. The van der Waals surface area contributed by atoms with Crippen molar-refractivity contribution in [2.75, 3.05) is 26.3 Å². The highest BCUT2D eigenvalue weighted by Crippen LogP contribution is 2.38. The largest absolute Gasteiger partial charge is 0.361 e. The number of aromatic nitrogens is 1. The molecule has 5 heteroatoms. The van der Waals surface area contributed by atoms with E-state index in [0.717, 1.165) is 11.9 Å². The van der Waals surface area contributed by atoms with Crippen LogP contribution >= 0.6 is 0 Å². The van der Waals surface area contributed by atoms with Gasteiger partial charge in [-0.2, -0.15) is 0 Å². The van der Waals surface area contributed by atoms with Crippen molar-refractivity contribution in [1.29, 1.82) is 0 Å². The molecule has 24 heavy (non-hydrogen) atoms. The Hall–Kier alpha value is -2.14. The third kappa shape index (κ3) is 2.35. The van der Waals surface area contributed by atoms with E-state index >= 15 is 0 Å². The van der Waals surface area contributed by atoms with Crippen LogP contribution in [0.25, 0.3) is 16.5 Å². The molecule has 0 spiro atoms. The number of H-pyrrole nitrogens is 1. The predicted molar refractivity (Wildman–Crippen MR) is 93.5 cm³/mol. The van der Waals surface area contributed by atoms with Gasteiger partial charge in [-0.15, -0.1) is 0 Å². The minimum atomic E-state index is -0.495. The summed E-state index contributed by atoms with van der Waals surface area (Å²) in [6.45, 7) is 2.74. The van der Waals surface area contributed by atoms with Gasteiger partial charge in [0.25, 0.3) is 0 Å². The van der Waals surface area contributed by atoms with Crippen molar-refractivity contribution in [3.63, 3.8) is 0 Å². The fraction of sp³-hybridized carbons (Fsp3) is 0.421. The number of aromatic amines is 1. The summed E-state index contributed by atoms with van der Waals surface area (Å²) in [7, 11) is 0. The third-order valence-corrected chi connectivity index (χ3v) is 5.23. The van der Waals surface area contributed by atoms with E-state index in [9.17, 15) is 9.18 Å². The maximum atomic E-state index is 12.7. The molecule has 1 aliphatic carbocycles. The van der Waals surface area contributed by atoms with Gasteiger partial charge >= 0.3 is 0 Å². The summed E-state index contributed by atoms with van der Waals surface area (Å²) in [5.74, 6) is -0.209. The Kier molecular flexibility index (Phi) is 3.88. The number of amides is 1. The van der Waals surface area contributed by atoms with Gasteiger partial charge in [0, 0.05) is 42.8 Å². The van der Waals surface area contributed by atoms with Crippen LogP contribution in [0.15, 0.2) is 30.5 Å². The SMILES string of the molecule is CCN(CCF)C(=O)C1C=C2c3cccc4[nH]cc(c34)CC2NC1. The van der Waals surface area contributed by atoms with Gasteiger partial charge in [0.15, 0.2) is 0 Å². The lowest BCUT2D eigenvalue weighted by atomic mass is 9.80. The summed E-state index contributed by atoms with van der Waals surface area (Å²) < 4.78 is 12.7. The first-order valence-corrected chi connectivity index (χ1v) is 8.62. The van der Waals surface area contributed by atoms with Crippen LogP contribution in [0.3, 0.4) is 0 Å². The number of carbonyl (C=O) groups is 1. The average molecular weight is 327 g/mol. The Bertz CT molecular complexity index is 810. The highest BCUT2D eigenvalue weighted by Gasteiger charge is 2.33. The third-order valence-electron chi connectivity index (χ3n) is 5.23. The maximum Gasteiger partial charge on any atom is 0.230 e. The molecule has 2 N–H and O–H groups in total. The zero-order chi connectivity index (χ0) is 16.7. The Morgan fingerprint density at radius 1 is 1.42 bits per heavy atom. The minimum Gasteiger partial charge on any atom is -0.361 e. The molecule has 4 nitrogen and oxygen atoms in total. The molecule has 0 radical (unpaired) electrons. The van der Waals surface area contributed by atoms with Gasteiger partial charge in [-0.1, -0.05) is 18.2 Å². The fourth-order valence-corrected chi connectivity index (χ4v) is 4.03. The van der Waals surface area contributed by atoms with Gasteiger partial charge in [-0.3, -0.25) is 4.79 Å². The number of halogens is 1. The molecule has 1 aromatic heterocycles. The Balaban J connectivity index is 1.72. The standard InChI is InChI=1S/C19H22FN3O/c1-2-23(7-6-20)19(24)13-8-15-14-4-3-5-16-18(14)12(10-21-16)9-17(15)22-11-13/h3-5,8,10,13,17,21-22H,2,6-7,9,11H2,1H3. The molecule has 0 fully saturated rings. The van der Waals surface area contributed by atoms with Crippen LogP contribution in [-0.2, 0) is 11.2 Å². The van der Waals surface area contributed by atoms with E-state index in [2.05, 4.69) is 34.7 Å². The van der Waals surface area contributed by atoms with Crippen molar-refractivity contribution in [3.8, 4) is 0 Å². The van der Waals surface area contributed by atoms with E-state index in [1.807, 2.05) is 13.0 Å². The van der Waals surface area contributed by atoms with Gasteiger partial charge in [-0.25, -0.2) is 4.39 Å². The van der Waals surface area contributed by atoms with E-state index in [-0.39, 0.29) is 24.4 Å². The van der Waals surface area contributed by atoms with Crippen LogP contribution < -0.4 is 5.32 Å². The minimum absolute atomic E-state index is 0.0145. The lowest BCUT2D eigenvalue weighted by molar-refractivity contribution is -0.134. The number of alkyl halides is 1. The number of carbonyl (C=O) groups excluding carboxylic acids is 1. The predicted octanol–water partition coefficient (Wildman–Crippen LogP) is 2.51. The highest BCUT2D eigenvalue weighted by molar-refractivity contribution is 5.99. The lowest BCUT2D eigenvalue weighted by Crippen LogP contribution is -2.47. The summed E-state index contributed by atoms with van der Waals surface area (Å²) in [6.07, 6.45) is 5.13. The van der Waals surface area contributed by atoms with Gasteiger partial charge in [0.2, 0.25) is 5.91 Å².